The van der Waals surface area contributed by atoms with Gasteiger partial charge in [-0.1, -0.05) is 13.0 Å². The summed E-state index contributed by atoms with van der Waals surface area (Å²) in [4.78, 5) is 22.3. The number of nitro benzene ring substituents is 1. The lowest BCUT2D eigenvalue weighted by molar-refractivity contribution is -0.384. The summed E-state index contributed by atoms with van der Waals surface area (Å²) in [5.41, 5.74) is 0.907. The van der Waals surface area contributed by atoms with E-state index in [4.69, 9.17) is 6.42 Å². The molecular weight excluding hydrogens is 244 g/mol. The number of carbonyl (C=O) groups is 1. The largest absolute Gasteiger partial charge is 0.348 e. The monoisotopic (exact) mass is 260 g/mol. The van der Waals surface area contributed by atoms with Crippen molar-refractivity contribution < 1.29 is 9.72 Å². The Bertz CT molecular complexity index is 532. The molecule has 1 aromatic carbocycles. The molecule has 1 amide bonds. The van der Waals surface area contributed by atoms with Crippen LogP contribution in [0.4, 0.5) is 5.69 Å². The molecule has 0 saturated carbocycles. The van der Waals surface area contributed by atoms with E-state index >= 15 is 0 Å². The first kappa shape index (κ1) is 14.7. The number of amides is 1. The highest BCUT2D eigenvalue weighted by Crippen LogP contribution is 2.17. The van der Waals surface area contributed by atoms with Gasteiger partial charge in [-0.3, -0.25) is 14.9 Å². The predicted octanol–water partition coefficient (Wildman–Crippen LogP) is 2.43. The van der Waals surface area contributed by atoms with Crippen LogP contribution in [0.3, 0.4) is 0 Å². The summed E-state index contributed by atoms with van der Waals surface area (Å²) in [6, 6.07) is 4.11. The van der Waals surface area contributed by atoms with E-state index < -0.39 is 4.92 Å². The SMILES string of the molecule is C#CCC(CC)NC(=O)c1cc([N+](=O)[O-])ccc1C. The van der Waals surface area contributed by atoms with Gasteiger partial charge in [0, 0.05) is 30.2 Å². The van der Waals surface area contributed by atoms with Gasteiger partial charge in [-0.05, 0) is 18.9 Å². The lowest BCUT2D eigenvalue weighted by Crippen LogP contribution is -2.34. The number of benzene rings is 1. The molecular formula is C14H16N2O3. The molecule has 0 radical (unpaired) electrons. The Balaban J connectivity index is 2.96. The third-order valence-corrected chi connectivity index (χ3v) is 2.87. The second-order valence-corrected chi connectivity index (χ2v) is 4.24. The van der Waals surface area contributed by atoms with Crippen LogP contribution in [0.25, 0.3) is 0 Å². The fourth-order valence-corrected chi connectivity index (χ4v) is 1.67. The van der Waals surface area contributed by atoms with E-state index in [0.717, 1.165) is 0 Å². The molecule has 0 bridgehead atoms. The van der Waals surface area contributed by atoms with E-state index in [9.17, 15) is 14.9 Å². The molecule has 0 heterocycles. The third kappa shape index (κ3) is 3.81. The molecule has 0 spiro atoms. The fraction of sp³-hybridized carbons (Fsp3) is 0.357. The molecule has 19 heavy (non-hydrogen) atoms. The number of hydrogen-bond donors (Lipinski definition) is 1. The molecule has 0 aromatic heterocycles. The molecule has 0 aliphatic carbocycles. The summed E-state index contributed by atoms with van der Waals surface area (Å²) in [6.07, 6.45) is 6.38. The van der Waals surface area contributed by atoms with Crippen molar-refractivity contribution in [3.8, 4) is 12.3 Å². The quantitative estimate of drug-likeness (QED) is 0.502. The number of rotatable bonds is 5. The molecule has 1 atom stereocenters. The molecule has 1 aromatic rings. The molecule has 100 valence electrons. The number of nitro groups is 1. The highest BCUT2D eigenvalue weighted by atomic mass is 16.6. The standard InChI is InChI=1S/C14H16N2O3/c1-4-6-11(5-2)15-14(17)13-9-12(16(18)19)8-7-10(13)3/h1,7-9,11H,5-6H2,2-3H3,(H,15,17). The van der Waals surface area contributed by atoms with Gasteiger partial charge in [-0.2, -0.15) is 0 Å². The van der Waals surface area contributed by atoms with Crippen LogP contribution in [0.5, 0.6) is 0 Å². The average molecular weight is 260 g/mol. The van der Waals surface area contributed by atoms with Crippen LogP contribution in [0.2, 0.25) is 0 Å². The number of nitrogens with zero attached hydrogens (tertiary/aromatic N) is 1. The van der Waals surface area contributed by atoms with Gasteiger partial charge in [-0.15, -0.1) is 12.3 Å². The fourth-order valence-electron chi connectivity index (χ4n) is 1.67. The number of hydrogen-bond acceptors (Lipinski definition) is 3. The van der Waals surface area contributed by atoms with Crippen LogP contribution in [-0.4, -0.2) is 16.9 Å². The highest BCUT2D eigenvalue weighted by Gasteiger charge is 2.16. The minimum Gasteiger partial charge on any atom is -0.348 e. The van der Waals surface area contributed by atoms with Gasteiger partial charge in [0.15, 0.2) is 0 Å². The van der Waals surface area contributed by atoms with Gasteiger partial charge in [0.2, 0.25) is 0 Å². The second kappa shape index (κ2) is 6.55. The Labute approximate surface area is 112 Å². The Morgan fingerprint density at radius 1 is 1.58 bits per heavy atom. The van der Waals surface area contributed by atoms with E-state index in [0.29, 0.717) is 24.0 Å². The van der Waals surface area contributed by atoms with Gasteiger partial charge < -0.3 is 5.32 Å². The second-order valence-electron chi connectivity index (χ2n) is 4.24. The van der Waals surface area contributed by atoms with Crippen molar-refractivity contribution in [1.29, 1.82) is 0 Å². The van der Waals surface area contributed by atoms with E-state index in [-0.39, 0.29) is 17.6 Å². The van der Waals surface area contributed by atoms with Crippen molar-refractivity contribution in [3.05, 3.63) is 39.4 Å². The third-order valence-electron chi connectivity index (χ3n) is 2.87. The number of carbonyl (C=O) groups excluding carboxylic acids is 1. The minimum absolute atomic E-state index is 0.0965. The summed E-state index contributed by atoms with van der Waals surface area (Å²) in [7, 11) is 0. The van der Waals surface area contributed by atoms with Crippen molar-refractivity contribution in [2.24, 2.45) is 0 Å². The van der Waals surface area contributed by atoms with Gasteiger partial charge in [0.05, 0.1) is 4.92 Å². The lowest BCUT2D eigenvalue weighted by Gasteiger charge is -2.15. The maximum absolute atomic E-state index is 12.1. The lowest BCUT2D eigenvalue weighted by atomic mass is 10.1. The zero-order valence-electron chi connectivity index (χ0n) is 11.0. The van der Waals surface area contributed by atoms with Crippen molar-refractivity contribution in [2.75, 3.05) is 0 Å². The van der Waals surface area contributed by atoms with E-state index in [1.54, 1.807) is 13.0 Å². The minimum atomic E-state index is -0.519. The smallest absolute Gasteiger partial charge is 0.270 e. The summed E-state index contributed by atoms with van der Waals surface area (Å²) in [5, 5.41) is 13.5. The summed E-state index contributed by atoms with van der Waals surface area (Å²) < 4.78 is 0. The van der Waals surface area contributed by atoms with Crippen molar-refractivity contribution >= 4 is 11.6 Å². The van der Waals surface area contributed by atoms with Crippen LogP contribution in [0.1, 0.15) is 35.7 Å². The summed E-state index contributed by atoms with van der Waals surface area (Å²) >= 11 is 0. The molecule has 0 aliphatic rings. The first-order valence-electron chi connectivity index (χ1n) is 5.99. The summed E-state index contributed by atoms with van der Waals surface area (Å²) in [6.45, 7) is 3.66. The zero-order valence-corrected chi connectivity index (χ0v) is 11.0. The first-order chi connectivity index (χ1) is 8.99. The van der Waals surface area contributed by atoms with Crippen LogP contribution in [-0.2, 0) is 0 Å². The molecule has 5 nitrogen and oxygen atoms in total. The van der Waals surface area contributed by atoms with E-state index in [2.05, 4.69) is 11.2 Å². The Hall–Kier alpha value is -2.35. The summed E-state index contributed by atoms with van der Waals surface area (Å²) in [5.74, 6) is 2.17. The number of non-ortho nitro benzene ring substituents is 1. The maximum atomic E-state index is 12.1. The van der Waals surface area contributed by atoms with Gasteiger partial charge in [0.1, 0.15) is 0 Å². The number of terminal acetylenes is 1. The molecule has 0 aliphatic heterocycles. The van der Waals surface area contributed by atoms with Crippen LogP contribution >= 0.6 is 0 Å². The van der Waals surface area contributed by atoms with Crippen LogP contribution in [0.15, 0.2) is 18.2 Å². The van der Waals surface area contributed by atoms with Crippen molar-refractivity contribution in [1.82, 2.24) is 5.32 Å². The van der Waals surface area contributed by atoms with E-state index in [1.165, 1.54) is 12.1 Å². The van der Waals surface area contributed by atoms with Gasteiger partial charge in [-0.25, -0.2) is 0 Å². The Kier molecular flexibility index (Phi) is 5.07. The van der Waals surface area contributed by atoms with Crippen LogP contribution in [0, 0.1) is 29.4 Å². The van der Waals surface area contributed by atoms with Gasteiger partial charge in [0.25, 0.3) is 11.6 Å². The number of aryl methyl sites for hydroxylation is 1. The molecule has 5 heteroatoms. The van der Waals surface area contributed by atoms with Crippen LogP contribution < -0.4 is 5.32 Å². The molecule has 1 unspecified atom stereocenters. The normalized spacial score (nSPS) is 11.4. The first-order valence-corrected chi connectivity index (χ1v) is 5.99. The van der Waals surface area contributed by atoms with Crippen molar-refractivity contribution in [2.45, 2.75) is 32.7 Å². The molecule has 0 fully saturated rings. The average Bonchev–Trinajstić information content (AvgIpc) is 2.38. The van der Waals surface area contributed by atoms with E-state index in [1.807, 2.05) is 6.92 Å². The van der Waals surface area contributed by atoms with Gasteiger partial charge >= 0.3 is 0 Å². The zero-order chi connectivity index (χ0) is 14.4. The predicted molar refractivity (Wildman–Crippen MR) is 72.8 cm³/mol. The van der Waals surface area contributed by atoms with Crippen molar-refractivity contribution in [3.63, 3.8) is 0 Å². The maximum Gasteiger partial charge on any atom is 0.270 e. The topological polar surface area (TPSA) is 72.2 Å². The molecule has 1 rings (SSSR count). The Morgan fingerprint density at radius 2 is 2.26 bits per heavy atom. The highest BCUT2D eigenvalue weighted by molar-refractivity contribution is 5.96. The molecule has 1 N–H and O–H groups in total. The molecule has 0 saturated heterocycles. The Morgan fingerprint density at radius 3 is 2.79 bits per heavy atom. The number of nitrogens with one attached hydrogen (secondary N) is 1.